The second-order valence-electron chi connectivity index (χ2n) is 4.71. The highest BCUT2D eigenvalue weighted by Gasteiger charge is 2.19. The van der Waals surface area contributed by atoms with E-state index in [0.717, 1.165) is 17.6 Å². The van der Waals surface area contributed by atoms with Crippen molar-refractivity contribution >= 4 is 21.6 Å². The van der Waals surface area contributed by atoms with Gasteiger partial charge in [-0.1, -0.05) is 35.8 Å². The van der Waals surface area contributed by atoms with Crippen LogP contribution in [-0.2, 0) is 0 Å². The van der Waals surface area contributed by atoms with Crippen LogP contribution < -0.4 is 10.6 Å². The van der Waals surface area contributed by atoms with Gasteiger partial charge in [0.15, 0.2) is 0 Å². The lowest BCUT2D eigenvalue weighted by atomic mass is 9.91. The van der Waals surface area contributed by atoms with Crippen molar-refractivity contribution in [2.24, 2.45) is 0 Å². The summed E-state index contributed by atoms with van der Waals surface area (Å²) in [6.45, 7) is 6.55. The SMILES string of the molecule is CC(C)NCC1CCNc2cc(Br)ccc21. The molecule has 16 heavy (non-hydrogen) atoms. The first-order valence-corrected chi connectivity index (χ1v) is 6.73. The van der Waals surface area contributed by atoms with Crippen molar-refractivity contribution in [2.75, 3.05) is 18.4 Å². The number of anilines is 1. The maximum absolute atomic E-state index is 3.53. The van der Waals surface area contributed by atoms with E-state index in [1.165, 1.54) is 17.7 Å². The fraction of sp³-hybridized carbons (Fsp3) is 0.538. The van der Waals surface area contributed by atoms with E-state index in [9.17, 15) is 0 Å². The second kappa shape index (κ2) is 5.19. The van der Waals surface area contributed by atoms with E-state index >= 15 is 0 Å². The van der Waals surface area contributed by atoms with Crippen LogP contribution in [0.25, 0.3) is 0 Å². The van der Waals surface area contributed by atoms with Crippen molar-refractivity contribution in [3.63, 3.8) is 0 Å². The molecule has 1 unspecified atom stereocenters. The first kappa shape index (κ1) is 11.9. The molecule has 2 nitrogen and oxygen atoms in total. The summed E-state index contributed by atoms with van der Waals surface area (Å²) in [6, 6.07) is 7.11. The van der Waals surface area contributed by atoms with Crippen LogP contribution in [0.4, 0.5) is 5.69 Å². The van der Waals surface area contributed by atoms with E-state index in [0.29, 0.717) is 12.0 Å². The molecule has 1 aromatic rings. The maximum atomic E-state index is 3.53. The van der Waals surface area contributed by atoms with Gasteiger partial charge in [0.2, 0.25) is 0 Å². The maximum Gasteiger partial charge on any atom is 0.0387 e. The molecular weight excluding hydrogens is 264 g/mol. The molecule has 3 heteroatoms. The minimum atomic E-state index is 0.564. The molecule has 0 fully saturated rings. The molecule has 0 bridgehead atoms. The number of rotatable bonds is 3. The summed E-state index contributed by atoms with van der Waals surface area (Å²) in [6.07, 6.45) is 1.22. The molecule has 0 aliphatic carbocycles. The predicted octanol–water partition coefficient (Wildman–Crippen LogP) is 3.35. The Hall–Kier alpha value is -0.540. The number of nitrogens with one attached hydrogen (secondary N) is 2. The molecule has 0 aromatic heterocycles. The number of halogens is 1. The van der Waals surface area contributed by atoms with E-state index in [2.05, 4.69) is 58.6 Å². The van der Waals surface area contributed by atoms with Gasteiger partial charge in [-0.2, -0.15) is 0 Å². The quantitative estimate of drug-likeness (QED) is 0.889. The lowest BCUT2D eigenvalue weighted by Crippen LogP contribution is -2.31. The van der Waals surface area contributed by atoms with Gasteiger partial charge in [-0.3, -0.25) is 0 Å². The van der Waals surface area contributed by atoms with Gasteiger partial charge in [0.25, 0.3) is 0 Å². The zero-order valence-electron chi connectivity index (χ0n) is 9.89. The number of hydrogen-bond acceptors (Lipinski definition) is 2. The summed E-state index contributed by atoms with van der Waals surface area (Å²) >= 11 is 3.52. The molecule has 1 aromatic carbocycles. The third-order valence-corrected chi connectivity index (χ3v) is 3.53. The standard InChI is InChI=1S/C13H19BrN2/c1-9(2)16-8-10-5-6-15-13-7-11(14)3-4-12(10)13/h3-4,7,9-10,15-16H,5-6,8H2,1-2H3. The smallest absolute Gasteiger partial charge is 0.0387 e. The van der Waals surface area contributed by atoms with Gasteiger partial charge in [-0.25, -0.2) is 0 Å². The Morgan fingerprint density at radius 2 is 2.31 bits per heavy atom. The third kappa shape index (κ3) is 2.77. The third-order valence-electron chi connectivity index (χ3n) is 3.04. The first-order valence-electron chi connectivity index (χ1n) is 5.93. The zero-order valence-corrected chi connectivity index (χ0v) is 11.5. The van der Waals surface area contributed by atoms with Crippen LogP contribution in [0.2, 0.25) is 0 Å². The van der Waals surface area contributed by atoms with Crippen LogP contribution in [0, 0.1) is 0 Å². The average molecular weight is 283 g/mol. The number of fused-ring (bicyclic) bond motifs is 1. The van der Waals surface area contributed by atoms with Crippen molar-refractivity contribution in [3.8, 4) is 0 Å². The van der Waals surface area contributed by atoms with Crippen LogP contribution in [0.1, 0.15) is 31.7 Å². The molecule has 1 atom stereocenters. The average Bonchev–Trinajstić information content (AvgIpc) is 2.25. The van der Waals surface area contributed by atoms with Crippen molar-refractivity contribution in [2.45, 2.75) is 32.2 Å². The lowest BCUT2D eigenvalue weighted by Gasteiger charge is -2.27. The van der Waals surface area contributed by atoms with Gasteiger partial charge >= 0.3 is 0 Å². The van der Waals surface area contributed by atoms with E-state index in [1.54, 1.807) is 0 Å². The monoisotopic (exact) mass is 282 g/mol. The van der Waals surface area contributed by atoms with Gasteiger partial charge in [0.1, 0.15) is 0 Å². The fourth-order valence-electron chi connectivity index (χ4n) is 2.16. The molecule has 88 valence electrons. The van der Waals surface area contributed by atoms with Crippen molar-refractivity contribution in [3.05, 3.63) is 28.2 Å². The summed E-state index contributed by atoms with van der Waals surface area (Å²) in [5, 5.41) is 6.99. The molecule has 1 heterocycles. The summed E-state index contributed by atoms with van der Waals surface area (Å²) < 4.78 is 1.15. The molecule has 2 N–H and O–H groups in total. The van der Waals surface area contributed by atoms with Crippen molar-refractivity contribution < 1.29 is 0 Å². The molecular formula is C13H19BrN2. The zero-order chi connectivity index (χ0) is 11.5. The van der Waals surface area contributed by atoms with E-state index in [4.69, 9.17) is 0 Å². The Morgan fingerprint density at radius 1 is 1.50 bits per heavy atom. The Labute approximate surface area is 106 Å². The second-order valence-corrected chi connectivity index (χ2v) is 5.62. The first-order chi connectivity index (χ1) is 7.66. The highest BCUT2D eigenvalue weighted by molar-refractivity contribution is 9.10. The largest absolute Gasteiger partial charge is 0.385 e. The molecule has 1 aliphatic heterocycles. The Morgan fingerprint density at radius 3 is 3.06 bits per heavy atom. The van der Waals surface area contributed by atoms with Gasteiger partial charge in [0, 0.05) is 35.2 Å². The summed E-state index contributed by atoms with van der Waals surface area (Å²) in [7, 11) is 0. The molecule has 2 rings (SSSR count). The molecule has 0 amide bonds. The van der Waals surface area contributed by atoms with Gasteiger partial charge < -0.3 is 10.6 Å². The van der Waals surface area contributed by atoms with Gasteiger partial charge in [0.05, 0.1) is 0 Å². The highest BCUT2D eigenvalue weighted by atomic mass is 79.9. The topological polar surface area (TPSA) is 24.1 Å². The lowest BCUT2D eigenvalue weighted by molar-refractivity contribution is 0.509. The molecule has 0 saturated heterocycles. The van der Waals surface area contributed by atoms with Crippen molar-refractivity contribution in [1.82, 2.24) is 5.32 Å². The van der Waals surface area contributed by atoms with Crippen LogP contribution in [0.5, 0.6) is 0 Å². The van der Waals surface area contributed by atoms with Crippen molar-refractivity contribution in [1.29, 1.82) is 0 Å². The normalized spacial score (nSPS) is 19.4. The summed E-state index contributed by atoms with van der Waals surface area (Å²) in [5.74, 6) is 0.645. The minimum Gasteiger partial charge on any atom is -0.385 e. The Bertz CT molecular complexity index is 363. The Kier molecular flexibility index (Phi) is 3.87. The van der Waals surface area contributed by atoms with Gasteiger partial charge in [-0.05, 0) is 24.1 Å². The van der Waals surface area contributed by atoms with E-state index in [-0.39, 0.29) is 0 Å². The minimum absolute atomic E-state index is 0.564. The molecule has 0 saturated carbocycles. The number of benzene rings is 1. The summed E-state index contributed by atoms with van der Waals surface area (Å²) in [5.41, 5.74) is 2.73. The highest BCUT2D eigenvalue weighted by Crippen LogP contribution is 2.33. The van der Waals surface area contributed by atoms with Crippen LogP contribution in [0.15, 0.2) is 22.7 Å². The molecule has 1 aliphatic rings. The van der Waals surface area contributed by atoms with Gasteiger partial charge in [-0.15, -0.1) is 0 Å². The molecule has 0 spiro atoms. The van der Waals surface area contributed by atoms with Crippen LogP contribution in [-0.4, -0.2) is 19.1 Å². The molecule has 0 radical (unpaired) electrons. The summed E-state index contributed by atoms with van der Waals surface area (Å²) in [4.78, 5) is 0. The van der Waals surface area contributed by atoms with Crippen LogP contribution in [0.3, 0.4) is 0 Å². The van der Waals surface area contributed by atoms with Crippen LogP contribution >= 0.6 is 15.9 Å². The van der Waals surface area contributed by atoms with E-state index < -0.39 is 0 Å². The Balaban J connectivity index is 2.13. The predicted molar refractivity (Wildman–Crippen MR) is 73.1 cm³/mol. The van der Waals surface area contributed by atoms with E-state index in [1.807, 2.05) is 0 Å². The number of hydrogen-bond donors (Lipinski definition) is 2. The fourth-order valence-corrected chi connectivity index (χ4v) is 2.53.